The summed E-state index contributed by atoms with van der Waals surface area (Å²) in [4.78, 5) is 14.0. The third kappa shape index (κ3) is 2.71. The molecule has 2 rings (SSSR count). The van der Waals surface area contributed by atoms with Gasteiger partial charge >= 0.3 is 0 Å². The van der Waals surface area contributed by atoms with E-state index in [-0.39, 0.29) is 5.91 Å². The van der Waals surface area contributed by atoms with Crippen LogP contribution in [0.4, 0.5) is 0 Å². The predicted octanol–water partition coefficient (Wildman–Crippen LogP) is 2.12. The number of hydrogen-bond donors (Lipinski definition) is 0. The first-order valence-corrected chi connectivity index (χ1v) is 6.48. The van der Waals surface area contributed by atoms with Crippen molar-refractivity contribution in [3.8, 4) is 6.07 Å². The van der Waals surface area contributed by atoms with Crippen molar-refractivity contribution in [1.29, 1.82) is 5.26 Å². The number of carbonyl (C=O) groups excluding carboxylic acids is 1. The van der Waals surface area contributed by atoms with Crippen LogP contribution in [0.1, 0.15) is 15.9 Å². The van der Waals surface area contributed by atoms with Gasteiger partial charge in [0.05, 0.1) is 19.2 Å². The molecule has 0 N–H and O–H groups in total. The van der Waals surface area contributed by atoms with Crippen molar-refractivity contribution in [3.05, 3.63) is 33.8 Å². The normalized spacial score (nSPS) is 19.4. The minimum atomic E-state index is -0.518. The number of nitrogens with zero attached hydrogens (tertiary/aromatic N) is 2. The zero-order valence-corrected chi connectivity index (χ0v) is 11.6. The number of nitriles is 1. The van der Waals surface area contributed by atoms with Crippen LogP contribution < -0.4 is 0 Å². The lowest BCUT2D eigenvalue weighted by Gasteiger charge is -2.30. The Kier molecular flexibility index (Phi) is 4.00. The molecule has 1 unspecified atom stereocenters. The van der Waals surface area contributed by atoms with Crippen molar-refractivity contribution >= 4 is 21.8 Å². The highest BCUT2D eigenvalue weighted by Gasteiger charge is 2.25. The molecule has 5 heteroatoms. The van der Waals surface area contributed by atoms with Crippen molar-refractivity contribution < 1.29 is 9.53 Å². The number of morpholine rings is 1. The summed E-state index contributed by atoms with van der Waals surface area (Å²) in [6, 6.07) is 7.66. The summed E-state index contributed by atoms with van der Waals surface area (Å²) in [6.45, 7) is 3.18. The Balaban J connectivity index is 2.21. The topological polar surface area (TPSA) is 53.3 Å². The van der Waals surface area contributed by atoms with E-state index >= 15 is 0 Å². The number of benzene rings is 1. The third-order valence-corrected chi connectivity index (χ3v) is 3.42. The van der Waals surface area contributed by atoms with Gasteiger partial charge in [0, 0.05) is 16.6 Å². The van der Waals surface area contributed by atoms with Gasteiger partial charge in [-0.05, 0) is 24.6 Å². The minimum Gasteiger partial charge on any atom is -0.360 e. The van der Waals surface area contributed by atoms with E-state index in [2.05, 4.69) is 15.9 Å². The molecule has 0 aliphatic carbocycles. The molecule has 1 heterocycles. The van der Waals surface area contributed by atoms with Crippen LogP contribution in [0.25, 0.3) is 0 Å². The summed E-state index contributed by atoms with van der Waals surface area (Å²) in [5, 5.41) is 8.84. The maximum Gasteiger partial charge on any atom is 0.254 e. The Morgan fingerprint density at radius 1 is 1.61 bits per heavy atom. The fourth-order valence-corrected chi connectivity index (χ4v) is 2.27. The maximum absolute atomic E-state index is 12.4. The van der Waals surface area contributed by atoms with Crippen LogP contribution in [0.15, 0.2) is 22.7 Å². The molecule has 0 saturated carbocycles. The standard InChI is InChI=1S/C13H13BrN2O2/c1-9-2-3-10(14)6-12(9)13(17)16-4-5-18-11(7-15)8-16/h2-3,6,11H,4-5,8H2,1H3. The van der Waals surface area contributed by atoms with Gasteiger partial charge in [-0.2, -0.15) is 5.26 Å². The summed E-state index contributed by atoms with van der Waals surface area (Å²) >= 11 is 3.37. The van der Waals surface area contributed by atoms with Crippen LogP contribution in [0.5, 0.6) is 0 Å². The van der Waals surface area contributed by atoms with Crippen molar-refractivity contribution in [2.45, 2.75) is 13.0 Å². The average molecular weight is 309 g/mol. The molecule has 1 fully saturated rings. The molecule has 0 bridgehead atoms. The van der Waals surface area contributed by atoms with E-state index in [9.17, 15) is 4.79 Å². The van der Waals surface area contributed by atoms with Crippen LogP contribution in [-0.2, 0) is 4.74 Å². The van der Waals surface area contributed by atoms with Gasteiger partial charge in [-0.15, -0.1) is 0 Å². The molecule has 0 radical (unpaired) electrons. The highest BCUT2D eigenvalue weighted by Crippen LogP contribution is 2.19. The van der Waals surface area contributed by atoms with Gasteiger partial charge in [0.25, 0.3) is 5.91 Å². The smallest absolute Gasteiger partial charge is 0.254 e. The fraction of sp³-hybridized carbons (Fsp3) is 0.385. The van der Waals surface area contributed by atoms with Crippen LogP contribution in [0.2, 0.25) is 0 Å². The number of carbonyl (C=O) groups is 1. The number of hydrogen-bond acceptors (Lipinski definition) is 3. The van der Waals surface area contributed by atoms with E-state index in [1.54, 1.807) is 4.90 Å². The Morgan fingerprint density at radius 3 is 3.11 bits per heavy atom. The number of rotatable bonds is 1. The summed E-state index contributed by atoms with van der Waals surface area (Å²) in [6.07, 6.45) is -0.518. The number of amides is 1. The lowest BCUT2D eigenvalue weighted by atomic mass is 10.1. The minimum absolute atomic E-state index is 0.0441. The number of ether oxygens (including phenoxy) is 1. The largest absolute Gasteiger partial charge is 0.360 e. The first kappa shape index (κ1) is 13.1. The Morgan fingerprint density at radius 2 is 2.39 bits per heavy atom. The van der Waals surface area contributed by atoms with E-state index in [0.717, 1.165) is 10.0 Å². The monoisotopic (exact) mass is 308 g/mol. The molecule has 4 nitrogen and oxygen atoms in total. The molecule has 1 saturated heterocycles. The quantitative estimate of drug-likeness (QED) is 0.798. The summed E-state index contributed by atoms with van der Waals surface area (Å²) < 4.78 is 6.11. The first-order chi connectivity index (χ1) is 8.61. The molecule has 0 aromatic heterocycles. The summed E-state index contributed by atoms with van der Waals surface area (Å²) in [7, 11) is 0. The lowest BCUT2D eigenvalue weighted by molar-refractivity contribution is 0.00343. The van der Waals surface area contributed by atoms with Gasteiger partial charge in [-0.1, -0.05) is 22.0 Å². The van der Waals surface area contributed by atoms with Crippen molar-refractivity contribution in [3.63, 3.8) is 0 Å². The van der Waals surface area contributed by atoms with Gasteiger partial charge in [0.15, 0.2) is 6.10 Å². The molecule has 1 aromatic carbocycles. The average Bonchev–Trinajstić information content (AvgIpc) is 2.41. The van der Waals surface area contributed by atoms with E-state index in [1.807, 2.05) is 31.2 Å². The second-order valence-corrected chi connectivity index (χ2v) is 5.11. The van der Waals surface area contributed by atoms with Gasteiger partial charge in [0.2, 0.25) is 0 Å². The van der Waals surface area contributed by atoms with Crippen LogP contribution in [0, 0.1) is 18.3 Å². The van der Waals surface area contributed by atoms with Crippen molar-refractivity contribution in [1.82, 2.24) is 4.90 Å². The second kappa shape index (κ2) is 5.51. The highest BCUT2D eigenvalue weighted by molar-refractivity contribution is 9.10. The molecule has 1 atom stereocenters. The van der Waals surface area contributed by atoms with Crippen LogP contribution in [-0.4, -0.2) is 36.6 Å². The molecule has 0 spiro atoms. The third-order valence-electron chi connectivity index (χ3n) is 2.93. The van der Waals surface area contributed by atoms with Crippen molar-refractivity contribution in [2.75, 3.05) is 19.7 Å². The second-order valence-electron chi connectivity index (χ2n) is 4.20. The van der Waals surface area contributed by atoms with Gasteiger partial charge in [-0.3, -0.25) is 4.79 Å². The maximum atomic E-state index is 12.4. The first-order valence-electron chi connectivity index (χ1n) is 5.68. The molecule has 1 aromatic rings. The van der Waals surface area contributed by atoms with E-state index < -0.39 is 6.10 Å². The molecular weight excluding hydrogens is 296 g/mol. The van der Waals surface area contributed by atoms with Crippen molar-refractivity contribution in [2.24, 2.45) is 0 Å². The van der Waals surface area contributed by atoms with Crippen LogP contribution in [0.3, 0.4) is 0 Å². The lowest BCUT2D eigenvalue weighted by Crippen LogP contribution is -2.45. The summed E-state index contributed by atoms with van der Waals surface area (Å²) in [5.74, 6) is -0.0441. The zero-order chi connectivity index (χ0) is 13.1. The highest BCUT2D eigenvalue weighted by atomic mass is 79.9. The van der Waals surface area contributed by atoms with Gasteiger partial charge < -0.3 is 9.64 Å². The van der Waals surface area contributed by atoms with E-state index in [4.69, 9.17) is 10.00 Å². The van der Waals surface area contributed by atoms with Gasteiger partial charge in [0.1, 0.15) is 0 Å². The zero-order valence-electron chi connectivity index (χ0n) is 10.0. The Bertz CT molecular complexity index is 510. The molecule has 18 heavy (non-hydrogen) atoms. The molecular formula is C13H13BrN2O2. The number of aryl methyl sites for hydroxylation is 1. The molecule has 1 amide bonds. The van der Waals surface area contributed by atoms with E-state index in [0.29, 0.717) is 25.3 Å². The SMILES string of the molecule is Cc1ccc(Br)cc1C(=O)N1CCOC(C#N)C1. The molecule has 1 aliphatic rings. The van der Waals surface area contributed by atoms with E-state index in [1.165, 1.54) is 0 Å². The Hall–Kier alpha value is -1.38. The van der Waals surface area contributed by atoms with Gasteiger partial charge in [-0.25, -0.2) is 0 Å². The molecule has 1 aliphatic heterocycles. The molecule has 94 valence electrons. The van der Waals surface area contributed by atoms with Crippen LogP contribution >= 0.6 is 15.9 Å². The summed E-state index contributed by atoms with van der Waals surface area (Å²) in [5.41, 5.74) is 1.60. The fourth-order valence-electron chi connectivity index (χ4n) is 1.91. The predicted molar refractivity (Wildman–Crippen MR) is 70.1 cm³/mol. The number of halogens is 1. The Labute approximate surface area is 114 Å².